The number of nitrogens with zero attached hydrogens (tertiary/aromatic N) is 5. The molecule has 3 saturated heterocycles. The molecule has 7 rings (SSSR count). The molecular weight excluding hydrogens is 507 g/mol. The zero-order chi connectivity index (χ0) is 27.8. The third kappa shape index (κ3) is 3.82. The minimum Gasteiger partial charge on any atom is -0.461 e. The minimum atomic E-state index is -0.806. The Hall–Kier alpha value is -2.96. The number of halogens is 1. The lowest BCUT2D eigenvalue weighted by atomic mass is 9.69. The Balaban J connectivity index is 1.28. The van der Waals surface area contributed by atoms with Gasteiger partial charge in [0.05, 0.1) is 23.4 Å². The van der Waals surface area contributed by atoms with E-state index in [2.05, 4.69) is 42.7 Å². The number of anilines is 2. The highest BCUT2D eigenvalue weighted by atomic mass is 19.1. The molecule has 40 heavy (non-hydrogen) atoms. The molecule has 1 spiro atoms. The lowest BCUT2D eigenvalue weighted by Crippen LogP contribution is -2.54. The standard InChI is InChI=1S/C31H39FN6O2/c1-18-7-9-31(27-22(18)5-6-25(34)23(27)14-33)13-26-24(16-40-31)28(38-19(2)11-20(38)3)36-29(35-26)39-17-30-8-4-10-37(30)15-21(32)12-30/h5-6,18-21H,4,7-13,15-17,34H2,1-3H3. The van der Waals surface area contributed by atoms with Gasteiger partial charge in [-0.15, -0.1) is 0 Å². The van der Waals surface area contributed by atoms with Crippen molar-refractivity contribution in [2.24, 2.45) is 0 Å². The highest BCUT2D eigenvalue weighted by Gasteiger charge is 2.50. The summed E-state index contributed by atoms with van der Waals surface area (Å²) in [5.41, 5.74) is 10.4. The van der Waals surface area contributed by atoms with Gasteiger partial charge >= 0.3 is 6.01 Å². The number of nitrogen functional groups attached to an aromatic ring is 1. The maximum Gasteiger partial charge on any atom is 0.318 e. The van der Waals surface area contributed by atoms with Gasteiger partial charge in [0, 0.05) is 48.3 Å². The fraction of sp³-hybridized carbons (Fsp3) is 0.645. The summed E-state index contributed by atoms with van der Waals surface area (Å²) in [4.78, 5) is 14.6. The molecule has 1 aromatic carbocycles. The van der Waals surface area contributed by atoms with Gasteiger partial charge < -0.3 is 20.1 Å². The first kappa shape index (κ1) is 26.0. The second-order valence-electron chi connectivity index (χ2n) is 13.0. The Bertz CT molecular complexity index is 1390. The maximum atomic E-state index is 14.4. The van der Waals surface area contributed by atoms with Crippen LogP contribution in [0, 0.1) is 11.3 Å². The molecule has 6 unspecified atom stereocenters. The number of aromatic nitrogens is 2. The van der Waals surface area contributed by atoms with Crippen LogP contribution in [0.25, 0.3) is 0 Å². The van der Waals surface area contributed by atoms with Crippen molar-refractivity contribution in [1.82, 2.24) is 14.9 Å². The Labute approximate surface area is 235 Å². The van der Waals surface area contributed by atoms with E-state index in [1.54, 1.807) is 0 Å². The number of alkyl halides is 1. The smallest absolute Gasteiger partial charge is 0.318 e. The molecule has 2 N–H and O–H groups in total. The Kier molecular flexibility index (Phi) is 6.03. The molecule has 5 aliphatic rings. The zero-order valence-electron chi connectivity index (χ0n) is 23.8. The van der Waals surface area contributed by atoms with Crippen LogP contribution in [0.2, 0.25) is 0 Å². The van der Waals surface area contributed by atoms with Gasteiger partial charge in [-0.05, 0) is 70.0 Å². The molecule has 2 aromatic rings. The third-order valence-electron chi connectivity index (χ3n) is 10.5. The molecule has 4 aliphatic heterocycles. The molecule has 0 bridgehead atoms. The number of hydrogen-bond acceptors (Lipinski definition) is 8. The molecule has 0 saturated carbocycles. The predicted octanol–water partition coefficient (Wildman–Crippen LogP) is 4.74. The second kappa shape index (κ2) is 9.28. The number of ether oxygens (including phenoxy) is 2. The number of nitriles is 1. The maximum absolute atomic E-state index is 14.4. The van der Waals surface area contributed by atoms with Crippen LogP contribution in [0.15, 0.2) is 12.1 Å². The van der Waals surface area contributed by atoms with Crippen LogP contribution in [-0.2, 0) is 23.4 Å². The molecule has 8 nitrogen and oxygen atoms in total. The lowest BCUT2D eigenvalue weighted by molar-refractivity contribution is -0.0874. The number of benzene rings is 1. The van der Waals surface area contributed by atoms with Crippen LogP contribution in [0.1, 0.15) is 93.2 Å². The third-order valence-corrected chi connectivity index (χ3v) is 10.5. The average Bonchev–Trinajstić information content (AvgIpc) is 3.45. The van der Waals surface area contributed by atoms with Crippen molar-refractivity contribution in [3.63, 3.8) is 0 Å². The van der Waals surface area contributed by atoms with Gasteiger partial charge in [-0.2, -0.15) is 15.2 Å². The van der Waals surface area contributed by atoms with E-state index in [0.717, 1.165) is 66.9 Å². The summed E-state index contributed by atoms with van der Waals surface area (Å²) in [6, 6.07) is 7.38. The van der Waals surface area contributed by atoms with Gasteiger partial charge in [-0.1, -0.05) is 13.0 Å². The van der Waals surface area contributed by atoms with Crippen molar-refractivity contribution in [1.29, 1.82) is 5.26 Å². The van der Waals surface area contributed by atoms with Crippen LogP contribution in [0.3, 0.4) is 0 Å². The minimum absolute atomic E-state index is 0.266. The number of nitrogens with two attached hydrogens (primary N) is 1. The van der Waals surface area contributed by atoms with Gasteiger partial charge in [0.25, 0.3) is 0 Å². The molecule has 1 aliphatic carbocycles. The zero-order valence-corrected chi connectivity index (χ0v) is 23.8. The Morgan fingerprint density at radius 2 is 2.05 bits per heavy atom. The van der Waals surface area contributed by atoms with Crippen molar-refractivity contribution in [2.45, 2.75) is 108 Å². The Morgan fingerprint density at radius 3 is 2.83 bits per heavy atom. The average molecular weight is 547 g/mol. The van der Waals surface area contributed by atoms with E-state index in [0.29, 0.717) is 67.9 Å². The Morgan fingerprint density at radius 1 is 1.23 bits per heavy atom. The monoisotopic (exact) mass is 546 g/mol. The summed E-state index contributed by atoms with van der Waals surface area (Å²) < 4.78 is 27.6. The first-order valence-electron chi connectivity index (χ1n) is 14.9. The molecule has 3 fully saturated rings. The fourth-order valence-corrected chi connectivity index (χ4v) is 8.39. The predicted molar refractivity (Wildman–Crippen MR) is 150 cm³/mol. The van der Waals surface area contributed by atoms with E-state index < -0.39 is 11.8 Å². The quantitative estimate of drug-likeness (QED) is 0.549. The molecule has 1 aromatic heterocycles. The summed E-state index contributed by atoms with van der Waals surface area (Å²) >= 11 is 0. The van der Waals surface area contributed by atoms with E-state index >= 15 is 0 Å². The highest BCUT2D eigenvalue weighted by Crippen LogP contribution is 2.51. The summed E-state index contributed by atoms with van der Waals surface area (Å²) in [6.07, 6.45) is 5.10. The molecule has 5 heterocycles. The van der Waals surface area contributed by atoms with Crippen LogP contribution in [0.5, 0.6) is 6.01 Å². The van der Waals surface area contributed by atoms with Crippen molar-refractivity contribution >= 4 is 11.5 Å². The summed E-state index contributed by atoms with van der Waals surface area (Å²) in [7, 11) is 0. The molecular formula is C31H39FN6O2. The normalized spacial score (nSPS) is 34.6. The molecule has 6 atom stereocenters. The van der Waals surface area contributed by atoms with E-state index in [4.69, 9.17) is 25.2 Å². The van der Waals surface area contributed by atoms with Gasteiger partial charge in [0.15, 0.2) is 0 Å². The number of rotatable bonds is 4. The van der Waals surface area contributed by atoms with Crippen LogP contribution in [0.4, 0.5) is 15.9 Å². The van der Waals surface area contributed by atoms with Gasteiger partial charge in [-0.25, -0.2) is 4.39 Å². The fourth-order valence-electron chi connectivity index (χ4n) is 8.39. The van der Waals surface area contributed by atoms with E-state index in [1.165, 1.54) is 0 Å². The first-order valence-corrected chi connectivity index (χ1v) is 14.9. The summed E-state index contributed by atoms with van der Waals surface area (Å²) in [6.45, 7) is 8.82. The van der Waals surface area contributed by atoms with Crippen molar-refractivity contribution in [2.75, 3.05) is 30.3 Å². The van der Waals surface area contributed by atoms with Crippen molar-refractivity contribution in [3.8, 4) is 12.1 Å². The first-order chi connectivity index (χ1) is 19.2. The second-order valence-corrected chi connectivity index (χ2v) is 13.0. The van der Waals surface area contributed by atoms with Crippen LogP contribution in [-0.4, -0.2) is 58.4 Å². The SMILES string of the molecule is CC1CCC2(Cc3nc(OCC45CCCN4CC(F)C5)nc(N4C(C)CC4C)c3CO2)c2c1ccc(N)c2C#N. The molecule has 212 valence electrons. The molecule has 0 radical (unpaired) electrons. The topological polar surface area (TPSA) is 101 Å². The number of fused-ring (bicyclic) bond motifs is 4. The van der Waals surface area contributed by atoms with E-state index in [-0.39, 0.29) is 5.54 Å². The van der Waals surface area contributed by atoms with Crippen molar-refractivity contribution in [3.05, 3.63) is 40.1 Å². The largest absolute Gasteiger partial charge is 0.461 e. The van der Waals surface area contributed by atoms with Crippen LogP contribution >= 0.6 is 0 Å². The van der Waals surface area contributed by atoms with Gasteiger partial charge in [0.2, 0.25) is 0 Å². The van der Waals surface area contributed by atoms with E-state index in [1.807, 2.05) is 6.07 Å². The summed E-state index contributed by atoms with van der Waals surface area (Å²) in [5.74, 6) is 1.20. The van der Waals surface area contributed by atoms with Gasteiger partial charge in [0.1, 0.15) is 30.3 Å². The number of hydrogen-bond donors (Lipinski definition) is 1. The molecule has 9 heteroatoms. The highest BCUT2D eigenvalue weighted by molar-refractivity contribution is 5.64. The van der Waals surface area contributed by atoms with Crippen LogP contribution < -0.4 is 15.4 Å². The van der Waals surface area contributed by atoms with Gasteiger partial charge in [-0.3, -0.25) is 4.90 Å². The molecule has 0 amide bonds. The summed E-state index contributed by atoms with van der Waals surface area (Å²) in [5, 5.41) is 10.1. The van der Waals surface area contributed by atoms with E-state index in [9.17, 15) is 9.65 Å². The lowest BCUT2D eigenvalue weighted by Gasteiger charge is -2.49. The van der Waals surface area contributed by atoms with Crippen molar-refractivity contribution < 1.29 is 13.9 Å².